The molecule has 0 unspecified atom stereocenters. The summed E-state index contributed by atoms with van der Waals surface area (Å²) in [4.78, 5) is 23.8. The Labute approximate surface area is 141 Å². The van der Waals surface area contributed by atoms with E-state index in [-0.39, 0.29) is 10.9 Å². The topological polar surface area (TPSA) is 138 Å². The molecule has 9 heteroatoms. The van der Waals surface area contributed by atoms with Crippen LogP contribution in [-0.2, 0) is 4.74 Å². The minimum atomic E-state index is -1.43. The quantitative estimate of drug-likeness (QED) is 0.568. The molecular weight excluding hydrogens is 334 g/mol. The van der Waals surface area contributed by atoms with Gasteiger partial charge in [0.2, 0.25) is 5.43 Å². The maximum atomic E-state index is 12.4. The van der Waals surface area contributed by atoms with Crippen LogP contribution in [0.2, 0.25) is 0 Å². The molecule has 1 aromatic carbocycles. The summed E-state index contributed by atoms with van der Waals surface area (Å²) in [5, 5.41) is 38.8. The number of carbonyl (C=O) groups is 1. The lowest BCUT2D eigenvalue weighted by molar-refractivity contribution is -0.0509. The van der Waals surface area contributed by atoms with Crippen molar-refractivity contribution in [1.29, 1.82) is 0 Å². The minimum Gasteiger partial charge on any atom is -0.497 e. The molecule has 0 spiro atoms. The molecule has 1 aromatic heterocycles. The monoisotopic (exact) mass is 351 g/mol. The zero-order valence-corrected chi connectivity index (χ0v) is 13.2. The Balaban J connectivity index is 2.27. The first-order valence-corrected chi connectivity index (χ1v) is 7.47. The van der Waals surface area contributed by atoms with Crippen LogP contribution in [0.4, 0.5) is 0 Å². The zero-order valence-electron chi connectivity index (χ0n) is 13.2. The van der Waals surface area contributed by atoms with E-state index in [0.717, 1.165) is 6.20 Å². The summed E-state index contributed by atoms with van der Waals surface area (Å²) in [5.74, 6) is -1.02. The second-order valence-electron chi connectivity index (χ2n) is 5.70. The van der Waals surface area contributed by atoms with E-state index in [4.69, 9.17) is 9.47 Å². The van der Waals surface area contributed by atoms with E-state index in [9.17, 15) is 30.0 Å². The van der Waals surface area contributed by atoms with Crippen LogP contribution in [0, 0.1) is 0 Å². The van der Waals surface area contributed by atoms with Crippen LogP contribution in [0.1, 0.15) is 16.6 Å². The van der Waals surface area contributed by atoms with Gasteiger partial charge in [-0.15, -0.1) is 0 Å². The molecule has 2 heterocycles. The van der Waals surface area contributed by atoms with E-state index in [1.165, 1.54) is 29.9 Å². The molecule has 0 radical (unpaired) electrons. The van der Waals surface area contributed by atoms with Crippen molar-refractivity contribution in [3.05, 3.63) is 40.2 Å². The van der Waals surface area contributed by atoms with E-state index >= 15 is 0 Å². The molecule has 2 aromatic rings. The van der Waals surface area contributed by atoms with Crippen molar-refractivity contribution in [3.8, 4) is 5.75 Å². The second-order valence-corrected chi connectivity index (χ2v) is 5.70. The highest BCUT2D eigenvalue weighted by molar-refractivity contribution is 5.93. The van der Waals surface area contributed by atoms with Crippen LogP contribution in [0.3, 0.4) is 0 Å². The standard InChI is InChI=1S/C16H17NO8/c1-24-7-2-3-8-10(4-7)17(5-9(12(8)19)16(22)23)15-14(21)13(20)11(6-18)25-15/h2-5,11,13-15,18,20-21H,6H2,1H3,(H,22,23)/t11-,13-,14-,15-/m1/s1. The van der Waals surface area contributed by atoms with E-state index in [1.807, 2.05) is 0 Å². The summed E-state index contributed by atoms with van der Waals surface area (Å²) in [6.07, 6.45) is -3.94. The number of hydrogen-bond acceptors (Lipinski definition) is 7. The average molecular weight is 351 g/mol. The van der Waals surface area contributed by atoms with Gasteiger partial charge in [-0.05, 0) is 12.1 Å². The Bertz CT molecular complexity index is 876. The maximum absolute atomic E-state index is 12.4. The molecule has 1 saturated heterocycles. The van der Waals surface area contributed by atoms with Crippen molar-refractivity contribution in [1.82, 2.24) is 4.57 Å². The Morgan fingerprint density at radius 3 is 2.60 bits per heavy atom. The van der Waals surface area contributed by atoms with Gasteiger partial charge in [-0.1, -0.05) is 0 Å². The van der Waals surface area contributed by atoms with Gasteiger partial charge in [0.1, 0.15) is 29.6 Å². The van der Waals surface area contributed by atoms with Crippen molar-refractivity contribution in [3.63, 3.8) is 0 Å². The Kier molecular flexibility index (Phi) is 4.48. The van der Waals surface area contributed by atoms with Crippen LogP contribution in [-0.4, -0.2) is 63.0 Å². The minimum absolute atomic E-state index is 0.0958. The fraction of sp³-hybridized carbons (Fsp3) is 0.375. The third-order valence-electron chi connectivity index (χ3n) is 4.26. The van der Waals surface area contributed by atoms with E-state index in [1.54, 1.807) is 0 Å². The molecule has 0 bridgehead atoms. The predicted molar refractivity (Wildman–Crippen MR) is 84.7 cm³/mol. The number of rotatable bonds is 4. The van der Waals surface area contributed by atoms with Gasteiger partial charge >= 0.3 is 5.97 Å². The highest BCUT2D eigenvalue weighted by Gasteiger charge is 2.43. The van der Waals surface area contributed by atoms with Gasteiger partial charge in [0.25, 0.3) is 0 Å². The molecule has 9 nitrogen and oxygen atoms in total. The van der Waals surface area contributed by atoms with Crippen LogP contribution >= 0.6 is 0 Å². The first-order valence-electron chi connectivity index (χ1n) is 7.47. The van der Waals surface area contributed by atoms with Crippen LogP contribution in [0.5, 0.6) is 5.75 Å². The first kappa shape index (κ1) is 17.4. The zero-order chi connectivity index (χ0) is 18.3. The van der Waals surface area contributed by atoms with Gasteiger partial charge in [0.15, 0.2) is 6.23 Å². The number of aliphatic hydroxyl groups excluding tert-OH is 3. The molecule has 0 amide bonds. The predicted octanol–water partition coefficient (Wildman–Crippen LogP) is -0.680. The van der Waals surface area contributed by atoms with Crippen molar-refractivity contribution in [2.75, 3.05) is 13.7 Å². The van der Waals surface area contributed by atoms with Gasteiger partial charge in [-0.25, -0.2) is 4.79 Å². The molecule has 4 N–H and O–H groups in total. The molecule has 0 aliphatic carbocycles. The van der Waals surface area contributed by atoms with Gasteiger partial charge < -0.3 is 34.5 Å². The van der Waals surface area contributed by atoms with Crippen molar-refractivity contribution in [2.45, 2.75) is 24.5 Å². The van der Waals surface area contributed by atoms with Gasteiger partial charge in [0, 0.05) is 17.6 Å². The van der Waals surface area contributed by atoms with E-state index < -0.39 is 48.1 Å². The van der Waals surface area contributed by atoms with Crippen molar-refractivity contribution in [2.24, 2.45) is 0 Å². The third-order valence-corrected chi connectivity index (χ3v) is 4.26. The Hall–Kier alpha value is -2.46. The smallest absolute Gasteiger partial charge is 0.341 e. The number of carboxylic acid groups (broad SMARTS) is 1. The maximum Gasteiger partial charge on any atom is 0.341 e. The molecular formula is C16H17NO8. The summed E-state index contributed by atoms with van der Waals surface area (Å²) >= 11 is 0. The number of aromatic nitrogens is 1. The third kappa shape index (κ3) is 2.76. The number of hydrogen-bond donors (Lipinski definition) is 4. The van der Waals surface area contributed by atoms with Gasteiger partial charge in [-0.2, -0.15) is 0 Å². The summed E-state index contributed by atoms with van der Waals surface area (Å²) in [6.45, 7) is -0.526. The average Bonchev–Trinajstić information content (AvgIpc) is 2.89. The highest BCUT2D eigenvalue weighted by atomic mass is 16.6. The normalized spacial score (nSPS) is 26.1. The molecule has 1 aliphatic rings. The van der Waals surface area contributed by atoms with Gasteiger partial charge in [0.05, 0.1) is 19.2 Å². The number of carboxylic acids is 1. The lowest BCUT2D eigenvalue weighted by atomic mass is 10.1. The molecule has 1 fully saturated rings. The summed E-state index contributed by atoms with van der Waals surface area (Å²) in [5.41, 5.74) is -0.923. The SMILES string of the molecule is COc1ccc2c(=O)c(C(=O)O)cn([C@@H]3O[C@H](CO)[C@@H](O)[C@H]3O)c2c1. The van der Waals surface area contributed by atoms with E-state index in [2.05, 4.69) is 0 Å². The number of fused-ring (bicyclic) bond motifs is 1. The van der Waals surface area contributed by atoms with E-state index in [0.29, 0.717) is 5.75 Å². The number of pyridine rings is 1. The van der Waals surface area contributed by atoms with Crippen molar-refractivity contribution >= 4 is 16.9 Å². The highest BCUT2D eigenvalue weighted by Crippen LogP contribution is 2.32. The molecule has 0 saturated carbocycles. The number of aromatic carboxylic acids is 1. The fourth-order valence-corrected chi connectivity index (χ4v) is 2.93. The summed E-state index contributed by atoms with van der Waals surface area (Å²) in [7, 11) is 1.43. The summed E-state index contributed by atoms with van der Waals surface area (Å²) in [6, 6.07) is 4.43. The van der Waals surface area contributed by atoms with Crippen LogP contribution < -0.4 is 10.2 Å². The first-order chi connectivity index (χ1) is 11.9. The summed E-state index contributed by atoms with van der Waals surface area (Å²) < 4.78 is 11.8. The van der Waals surface area contributed by atoms with Gasteiger partial charge in [-0.3, -0.25) is 4.79 Å². The van der Waals surface area contributed by atoms with Crippen LogP contribution in [0.25, 0.3) is 10.9 Å². The molecule has 4 atom stereocenters. The lowest BCUT2D eigenvalue weighted by Gasteiger charge is -2.21. The largest absolute Gasteiger partial charge is 0.497 e. The Morgan fingerprint density at radius 2 is 2.04 bits per heavy atom. The molecule has 1 aliphatic heterocycles. The fourth-order valence-electron chi connectivity index (χ4n) is 2.93. The number of benzene rings is 1. The van der Waals surface area contributed by atoms with Crippen molar-refractivity contribution < 1.29 is 34.7 Å². The number of nitrogens with zero attached hydrogens (tertiary/aromatic N) is 1. The number of ether oxygens (including phenoxy) is 2. The number of aliphatic hydroxyl groups is 3. The second kappa shape index (κ2) is 6.45. The number of methoxy groups -OCH3 is 1. The Morgan fingerprint density at radius 1 is 1.32 bits per heavy atom. The lowest BCUT2D eigenvalue weighted by Crippen LogP contribution is -2.33. The molecule has 134 valence electrons. The van der Waals surface area contributed by atoms with Crippen LogP contribution in [0.15, 0.2) is 29.2 Å². The molecule has 3 rings (SSSR count). The molecule has 25 heavy (non-hydrogen) atoms.